The van der Waals surface area contributed by atoms with E-state index in [1.165, 1.54) is 388 Å². The van der Waals surface area contributed by atoms with E-state index in [2.05, 4.69) is 102 Å². The van der Waals surface area contributed by atoms with E-state index in [4.69, 9.17) is 0 Å². The summed E-state index contributed by atoms with van der Waals surface area (Å²) in [6.07, 6.45) is 91.0. The van der Waals surface area contributed by atoms with Gasteiger partial charge in [0.2, 0.25) is 11.4 Å². The molecule has 0 atom stereocenters. The Hall–Kier alpha value is -1.99. The topological polar surface area (TPSA) is 25.3 Å². The standard InChI is InChI=1S/C56H92N2.2C14H29.Ni/c1-3-5-7-9-11-13-15-17-19-21-23-25-27-29-31-33-35-37-41-51-43-39-45-53(49-51)55-47-48-56(58(55)57)54-46-40-44-52(50-54)42-38-36-34-32-30-28-26-24-22-20-18-16-14-12-10-8-6-4-2;2*1-3-5-7-9-11-13-14-12-10-8-6-4-2;/h39-40,43-50H,3-38,41-42H2,1-2H3;2*1,3-14H2,2H3;/q;2*-1;+2. The molecule has 1 aliphatic heterocycles. The summed E-state index contributed by atoms with van der Waals surface area (Å²) in [5.41, 5.74) is 18.0. The van der Waals surface area contributed by atoms with Crippen LogP contribution in [-0.2, 0) is 29.3 Å². The van der Waals surface area contributed by atoms with E-state index in [0.29, 0.717) is 0 Å². The van der Waals surface area contributed by atoms with Crippen molar-refractivity contribution in [1.82, 2.24) is 0 Å². The molecule has 1 heterocycles. The summed E-state index contributed by atoms with van der Waals surface area (Å²) in [6, 6.07) is 17.7. The van der Waals surface area contributed by atoms with Crippen LogP contribution in [0.1, 0.15) is 435 Å². The Bertz CT molecular complexity index is 1610. The van der Waals surface area contributed by atoms with E-state index in [1.807, 2.05) is 0 Å². The fourth-order valence-electron chi connectivity index (χ4n) is 12.8. The average Bonchev–Trinajstić information content (AvgIpc) is 2.25. The maximum absolute atomic E-state index is 11.3. The molecule has 0 amide bonds. The minimum Gasteiger partial charge on any atom is -0.493 e. The second kappa shape index (κ2) is 69.9. The van der Waals surface area contributed by atoms with Crippen molar-refractivity contribution in [2.75, 3.05) is 0 Å². The van der Waals surface area contributed by atoms with Gasteiger partial charge in [-0.3, -0.25) is 0 Å². The van der Waals surface area contributed by atoms with Crippen LogP contribution in [0.2, 0.25) is 0 Å². The molecule has 0 bridgehead atoms. The van der Waals surface area contributed by atoms with Gasteiger partial charge in [-0.15, -0.1) is 0 Å². The van der Waals surface area contributed by atoms with Crippen LogP contribution in [0.5, 0.6) is 0 Å². The first kappa shape index (κ1) is 85.0. The Kier molecular flexibility index (Phi) is 68.3. The summed E-state index contributed by atoms with van der Waals surface area (Å²) in [5.74, 6) is 0. The first-order chi connectivity index (χ1) is 42.6. The maximum Gasteiger partial charge on any atom is 2.00 e. The number of aryl methyl sites for hydroxylation is 2. The van der Waals surface area contributed by atoms with Crippen LogP contribution >= 0.6 is 0 Å². The molecule has 0 aromatic heterocycles. The van der Waals surface area contributed by atoms with Crippen LogP contribution in [-0.4, -0.2) is 4.70 Å². The fourth-order valence-corrected chi connectivity index (χ4v) is 12.8. The number of rotatable bonds is 62. The number of allylic oxidation sites excluding steroid dienone is 2. The molecule has 0 spiro atoms. The van der Waals surface area contributed by atoms with E-state index >= 15 is 0 Å². The predicted molar refractivity (Wildman–Crippen MR) is 390 cm³/mol. The van der Waals surface area contributed by atoms with Gasteiger partial charge in [0, 0.05) is 23.3 Å². The van der Waals surface area contributed by atoms with Gasteiger partial charge in [-0.2, -0.15) is 12.8 Å². The van der Waals surface area contributed by atoms with Gasteiger partial charge < -0.3 is 19.4 Å². The van der Waals surface area contributed by atoms with Gasteiger partial charge in [-0.1, -0.05) is 412 Å². The summed E-state index contributed by atoms with van der Waals surface area (Å²) in [4.78, 5) is 0. The average molecular weight is 1250 g/mol. The summed E-state index contributed by atoms with van der Waals surface area (Å²) in [5, 5.41) is 0. The van der Waals surface area contributed by atoms with E-state index < -0.39 is 0 Å². The van der Waals surface area contributed by atoms with Gasteiger partial charge in [-0.05, 0) is 61.1 Å². The van der Waals surface area contributed by atoms with Gasteiger partial charge in [0.05, 0.1) is 0 Å². The molecule has 0 saturated carbocycles. The zero-order chi connectivity index (χ0) is 62.0. The number of hydrogen-bond donors (Lipinski definition) is 0. The van der Waals surface area contributed by atoms with Crippen LogP contribution < -0.4 is 0 Å². The molecule has 3 heteroatoms. The molecule has 2 nitrogen and oxygen atoms in total. The summed E-state index contributed by atoms with van der Waals surface area (Å²) < 4.78 is 1.41. The first-order valence-corrected chi connectivity index (χ1v) is 39.2. The van der Waals surface area contributed by atoms with Gasteiger partial charge in [0.1, 0.15) is 0 Å². The molecule has 0 unspecified atom stereocenters. The third-order valence-corrected chi connectivity index (χ3v) is 18.6. The molecule has 0 radical (unpaired) electrons. The monoisotopic (exact) mass is 1250 g/mol. The van der Waals surface area contributed by atoms with Crippen molar-refractivity contribution in [3.8, 4) is 0 Å². The molecule has 2 aromatic carbocycles. The molecule has 1 aliphatic rings. The smallest absolute Gasteiger partial charge is 0.493 e. The minimum atomic E-state index is 0. The largest absolute Gasteiger partial charge is 2.00 e. The molecular formula is C84H150N2Ni. The SMILES string of the molecule is CCCCCCCCCCCCCCCCCCCCc1cccc(C2=CC=C(c3cccc(CCCCCCCCCCCCCCCCCCCC)c3)[N+]2=[N-])c1.[CH2-]CCCCCCCCCCCCC.[CH2-]CCCCCCCCCCCCC.[Ni+2]. The second-order valence-electron chi connectivity index (χ2n) is 27.1. The third kappa shape index (κ3) is 55.4. The molecule has 506 valence electrons. The minimum absolute atomic E-state index is 0. The van der Waals surface area contributed by atoms with Crippen LogP contribution in [0.4, 0.5) is 0 Å². The Labute approximate surface area is 557 Å². The van der Waals surface area contributed by atoms with Crippen molar-refractivity contribution >= 4 is 11.4 Å². The van der Waals surface area contributed by atoms with Crippen molar-refractivity contribution in [1.29, 1.82) is 0 Å². The summed E-state index contributed by atoms with van der Waals surface area (Å²) >= 11 is 0. The molecule has 2 aromatic rings. The number of benzene rings is 2. The van der Waals surface area contributed by atoms with Crippen LogP contribution in [0.3, 0.4) is 0 Å². The molecule has 0 N–H and O–H groups in total. The van der Waals surface area contributed by atoms with Crippen molar-refractivity contribution in [2.24, 2.45) is 0 Å². The molecule has 87 heavy (non-hydrogen) atoms. The second-order valence-corrected chi connectivity index (χ2v) is 27.1. The zero-order valence-corrected chi connectivity index (χ0v) is 60.2. The normalized spacial score (nSPS) is 12.0. The quantitative estimate of drug-likeness (QED) is 0.0273. The molecule has 0 fully saturated rings. The van der Waals surface area contributed by atoms with Gasteiger partial charge >= 0.3 is 16.5 Å². The van der Waals surface area contributed by atoms with Gasteiger partial charge in [0.25, 0.3) is 0 Å². The van der Waals surface area contributed by atoms with Crippen molar-refractivity contribution in [3.63, 3.8) is 0 Å². The van der Waals surface area contributed by atoms with E-state index in [1.54, 1.807) is 0 Å². The Morgan fingerprint density at radius 3 is 0.644 bits per heavy atom. The summed E-state index contributed by atoms with van der Waals surface area (Å²) in [7, 11) is 0. The first-order valence-electron chi connectivity index (χ1n) is 39.2. The fraction of sp³-hybridized carbons (Fsp3) is 0.786. The predicted octanol–water partition coefficient (Wildman–Crippen LogP) is 30.3. The van der Waals surface area contributed by atoms with Crippen molar-refractivity contribution < 1.29 is 21.2 Å². The van der Waals surface area contributed by atoms with Crippen LogP contribution in [0, 0.1) is 13.8 Å². The Balaban J connectivity index is 0.00000209. The summed E-state index contributed by atoms with van der Waals surface area (Å²) in [6.45, 7) is 16.9. The number of hydrogen-bond acceptors (Lipinski definition) is 0. The van der Waals surface area contributed by atoms with Gasteiger partial charge in [-0.25, -0.2) is 4.70 Å². The van der Waals surface area contributed by atoms with Crippen molar-refractivity contribution in [2.45, 2.75) is 426 Å². The van der Waals surface area contributed by atoms with E-state index in [0.717, 1.165) is 48.2 Å². The van der Waals surface area contributed by atoms with Crippen LogP contribution in [0.15, 0.2) is 60.7 Å². The van der Waals surface area contributed by atoms with E-state index in [9.17, 15) is 5.53 Å². The number of nitrogens with zero attached hydrogens (tertiary/aromatic N) is 2. The third-order valence-electron chi connectivity index (χ3n) is 18.6. The van der Waals surface area contributed by atoms with Gasteiger partial charge in [0.15, 0.2) is 0 Å². The van der Waals surface area contributed by atoms with E-state index in [-0.39, 0.29) is 16.5 Å². The molecular weight excluding hydrogens is 1100 g/mol. The molecule has 0 saturated heterocycles. The Morgan fingerprint density at radius 1 is 0.264 bits per heavy atom. The van der Waals surface area contributed by atoms with Crippen LogP contribution in [0.25, 0.3) is 16.9 Å². The Morgan fingerprint density at radius 2 is 0.448 bits per heavy atom. The molecule has 3 rings (SSSR count). The number of unbranched alkanes of at least 4 members (excludes halogenated alkanes) is 56. The van der Waals surface area contributed by atoms with Crippen molar-refractivity contribution in [3.05, 3.63) is 102 Å². The molecule has 0 aliphatic carbocycles. The maximum atomic E-state index is 11.3. The zero-order valence-electron chi connectivity index (χ0n) is 59.2.